The SMILES string of the molecule is C#CCCC1(CCC(=O)Nc2cccc3c2CCN3C(C)=O)N=N1. The highest BCUT2D eigenvalue weighted by Gasteiger charge is 2.39. The average molecular weight is 324 g/mol. The number of rotatable bonds is 6. The third-order valence-electron chi connectivity index (χ3n) is 4.49. The van der Waals surface area contributed by atoms with Crippen molar-refractivity contribution < 1.29 is 9.59 Å². The number of amides is 2. The van der Waals surface area contributed by atoms with E-state index < -0.39 is 5.66 Å². The first kappa shape index (κ1) is 16.2. The first-order valence-electron chi connectivity index (χ1n) is 8.12. The van der Waals surface area contributed by atoms with Crippen molar-refractivity contribution in [2.75, 3.05) is 16.8 Å². The van der Waals surface area contributed by atoms with Crippen LogP contribution in [0.5, 0.6) is 0 Å². The predicted octanol–water partition coefficient (Wildman–Crippen LogP) is 2.89. The Balaban J connectivity index is 1.60. The zero-order valence-electron chi connectivity index (χ0n) is 13.7. The molecule has 0 aliphatic carbocycles. The number of benzene rings is 1. The largest absolute Gasteiger partial charge is 0.326 e. The van der Waals surface area contributed by atoms with Gasteiger partial charge in [0, 0.05) is 56.1 Å². The molecule has 0 radical (unpaired) electrons. The van der Waals surface area contributed by atoms with Crippen LogP contribution in [-0.2, 0) is 16.0 Å². The van der Waals surface area contributed by atoms with E-state index >= 15 is 0 Å². The van der Waals surface area contributed by atoms with Gasteiger partial charge in [-0.15, -0.1) is 12.3 Å². The molecule has 6 nitrogen and oxygen atoms in total. The molecular weight excluding hydrogens is 304 g/mol. The molecule has 124 valence electrons. The summed E-state index contributed by atoms with van der Waals surface area (Å²) in [7, 11) is 0. The van der Waals surface area contributed by atoms with Crippen LogP contribution in [-0.4, -0.2) is 24.0 Å². The van der Waals surface area contributed by atoms with Crippen LogP contribution in [0.3, 0.4) is 0 Å². The lowest BCUT2D eigenvalue weighted by molar-refractivity contribution is -0.117. The molecule has 6 heteroatoms. The molecule has 1 N–H and O–H groups in total. The number of nitrogens with one attached hydrogen (secondary N) is 1. The molecule has 0 saturated heterocycles. The van der Waals surface area contributed by atoms with Crippen LogP contribution in [0, 0.1) is 12.3 Å². The van der Waals surface area contributed by atoms with Crippen molar-refractivity contribution in [3.63, 3.8) is 0 Å². The molecule has 0 saturated carbocycles. The van der Waals surface area contributed by atoms with E-state index in [4.69, 9.17) is 6.42 Å². The summed E-state index contributed by atoms with van der Waals surface area (Å²) in [4.78, 5) is 25.7. The first-order valence-corrected chi connectivity index (χ1v) is 8.12. The third kappa shape index (κ3) is 3.30. The first-order chi connectivity index (χ1) is 11.5. The minimum absolute atomic E-state index is 0.0182. The second kappa shape index (κ2) is 6.44. The molecule has 0 spiro atoms. The van der Waals surface area contributed by atoms with Gasteiger partial charge in [-0.2, -0.15) is 10.2 Å². The van der Waals surface area contributed by atoms with E-state index in [0.29, 0.717) is 32.2 Å². The summed E-state index contributed by atoms with van der Waals surface area (Å²) in [6, 6.07) is 5.65. The summed E-state index contributed by atoms with van der Waals surface area (Å²) in [5, 5.41) is 11.0. The smallest absolute Gasteiger partial charge is 0.224 e. The molecule has 2 amide bonds. The number of terminal acetylenes is 1. The maximum absolute atomic E-state index is 12.3. The molecule has 24 heavy (non-hydrogen) atoms. The second-order valence-corrected chi connectivity index (χ2v) is 6.16. The van der Waals surface area contributed by atoms with Crippen molar-refractivity contribution in [2.45, 2.75) is 44.7 Å². The maximum Gasteiger partial charge on any atom is 0.224 e. The molecule has 3 rings (SSSR count). The number of hydrogen-bond acceptors (Lipinski definition) is 4. The van der Waals surface area contributed by atoms with Crippen molar-refractivity contribution in [3.8, 4) is 12.3 Å². The zero-order valence-corrected chi connectivity index (χ0v) is 13.7. The number of carbonyl (C=O) groups is 2. The summed E-state index contributed by atoms with van der Waals surface area (Å²) < 4.78 is 0. The Morgan fingerprint density at radius 2 is 2.17 bits per heavy atom. The molecule has 2 aliphatic heterocycles. The average Bonchev–Trinajstić information content (AvgIpc) is 3.19. The molecular formula is C18H20N4O2. The van der Waals surface area contributed by atoms with E-state index in [9.17, 15) is 9.59 Å². The van der Waals surface area contributed by atoms with Gasteiger partial charge in [0.15, 0.2) is 5.66 Å². The van der Waals surface area contributed by atoms with Gasteiger partial charge in [0.05, 0.1) is 0 Å². The Bertz CT molecular complexity index is 742. The molecule has 0 bridgehead atoms. The quantitative estimate of drug-likeness (QED) is 0.817. The molecule has 0 aromatic heterocycles. The van der Waals surface area contributed by atoms with Crippen molar-refractivity contribution in [3.05, 3.63) is 23.8 Å². The van der Waals surface area contributed by atoms with Crippen LogP contribution in [0.2, 0.25) is 0 Å². The van der Waals surface area contributed by atoms with Gasteiger partial charge in [-0.3, -0.25) is 9.59 Å². The number of carbonyl (C=O) groups excluding carboxylic acids is 2. The molecule has 0 unspecified atom stereocenters. The van der Waals surface area contributed by atoms with Crippen molar-refractivity contribution in [1.82, 2.24) is 0 Å². The van der Waals surface area contributed by atoms with E-state index in [-0.39, 0.29) is 11.8 Å². The van der Waals surface area contributed by atoms with Gasteiger partial charge in [0.1, 0.15) is 0 Å². The van der Waals surface area contributed by atoms with Gasteiger partial charge in [0.25, 0.3) is 0 Å². The standard InChI is InChI=1S/C18H20N4O2/c1-3-4-10-18(20-21-18)11-8-17(24)19-15-6-5-7-16-14(15)9-12-22(16)13(2)23/h1,5-7H,4,8-12H2,2H3,(H,19,24). The van der Waals surface area contributed by atoms with Gasteiger partial charge in [0.2, 0.25) is 11.8 Å². The van der Waals surface area contributed by atoms with Crippen LogP contribution in [0.4, 0.5) is 11.4 Å². The zero-order chi connectivity index (χ0) is 17.2. The normalized spacial score (nSPS) is 16.4. The topological polar surface area (TPSA) is 74.1 Å². The number of nitrogens with zero attached hydrogens (tertiary/aromatic N) is 3. The predicted molar refractivity (Wildman–Crippen MR) is 91.7 cm³/mol. The van der Waals surface area contributed by atoms with E-state index in [1.807, 2.05) is 18.2 Å². The number of hydrogen-bond donors (Lipinski definition) is 1. The van der Waals surface area contributed by atoms with E-state index in [1.54, 1.807) is 11.8 Å². The fourth-order valence-corrected chi connectivity index (χ4v) is 3.07. The van der Waals surface area contributed by atoms with E-state index in [2.05, 4.69) is 21.5 Å². The van der Waals surface area contributed by atoms with Gasteiger partial charge in [-0.1, -0.05) is 6.07 Å². The number of fused-ring (bicyclic) bond motifs is 1. The molecule has 1 aromatic carbocycles. The molecule has 0 fully saturated rings. The van der Waals surface area contributed by atoms with Crippen molar-refractivity contribution in [2.24, 2.45) is 10.2 Å². The minimum atomic E-state index is -0.437. The van der Waals surface area contributed by atoms with Crippen LogP contribution in [0.1, 0.15) is 38.2 Å². The Morgan fingerprint density at radius 3 is 2.83 bits per heavy atom. The monoisotopic (exact) mass is 324 g/mol. The third-order valence-corrected chi connectivity index (χ3v) is 4.49. The van der Waals surface area contributed by atoms with Gasteiger partial charge < -0.3 is 10.2 Å². The van der Waals surface area contributed by atoms with Crippen LogP contribution >= 0.6 is 0 Å². The summed E-state index contributed by atoms with van der Waals surface area (Å²) in [6.45, 7) is 2.21. The minimum Gasteiger partial charge on any atom is -0.326 e. The summed E-state index contributed by atoms with van der Waals surface area (Å²) >= 11 is 0. The molecule has 2 heterocycles. The Hall–Kier alpha value is -2.68. The Morgan fingerprint density at radius 1 is 1.38 bits per heavy atom. The lowest BCUT2D eigenvalue weighted by Crippen LogP contribution is -2.25. The fourth-order valence-electron chi connectivity index (χ4n) is 3.07. The molecule has 2 aliphatic rings. The highest BCUT2D eigenvalue weighted by molar-refractivity contribution is 5.98. The van der Waals surface area contributed by atoms with E-state index in [1.165, 1.54) is 0 Å². The highest BCUT2D eigenvalue weighted by atomic mass is 16.2. The summed E-state index contributed by atoms with van der Waals surface area (Å²) in [5.74, 6) is 2.53. The lowest BCUT2D eigenvalue weighted by atomic mass is 10.0. The van der Waals surface area contributed by atoms with E-state index in [0.717, 1.165) is 23.4 Å². The molecule has 0 atom stereocenters. The lowest BCUT2D eigenvalue weighted by Gasteiger charge is -2.16. The Kier molecular flexibility index (Phi) is 4.34. The van der Waals surface area contributed by atoms with Crippen molar-refractivity contribution >= 4 is 23.2 Å². The van der Waals surface area contributed by atoms with Gasteiger partial charge in [-0.25, -0.2) is 0 Å². The highest BCUT2D eigenvalue weighted by Crippen LogP contribution is 2.38. The summed E-state index contributed by atoms with van der Waals surface area (Å²) in [5.41, 5.74) is 2.25. The Labute approximate surface area is 141 Å². The summed E-state index contributed by atoms with van der Waals surface area (Å²) in [6.07, 6.45) is 8.25. The number of anilines is 2. The van der Waals surface area contributed by atoms with Gasteiger partial charge in [-0.05, 0) is 18.6 Å². The maximum atomic E-state index is 12.3. The fraction of sp³-hybridized carbons (Fsp3) is 0.444. The van der Waals surface area contributed by atoms with Gasteiger partial charge >= 0.3 is 0 Å². The van der Waals surface area contributed by atoms with Crippen LogP contribution in [0.25, 0.3) is 0 Å². The van der Waals surface area contributed by atoms with Crippen molar-refractivity contribution in [1.29, 1.82) is 0 Å². The molecule has 1 aromatic rings. The second-order valence-electron chi connectivity index (χ2n) is 6.16. The van der Waals surface area contributed by atoms with Crippen LogP contribution in [0.15, 0.2) is 28.4 Å². The van der Waals surface area contributed by atoms with Crippen LogP contribution < -0.4 is 10.2 Å².